The van der Waals surface area contributed by atoms with Crippen molar-refractivity contribution in [2.45, 2.75) is 50.6 Å². The average Bonchev–Trinajstić information content (AvgIpc) is 3.08. The topological polar surface area (TPSA) is 68.2 Å². The molecule has 122 valence electrons. The maximum Gasteiger partial charge on any atom is 0.237 e. The van der Waals surface area contributed by atoms with Crippen LogP contribution in [0.1, 0.15) is 41.7 Å². The highest BCUT2D eigenvalue weighted by Crippen LogP contribution is 2.40. The highest BCUT2D eigenvalue weighted by Gasteiger charge is 2.32. The summed E-state index contributed by atoms with van der Waals surface area (Å²) in [6.07, 6.45) is 6.52. The molecule has 1 aromatic rings. The largest absolute Gasteiger partial charge is 0.360 e. The van der Waals surface area contributed by atoms with Gasteiger partial charge in [-0.05, 0) is 50.6 Å². The number of carbonyl (C=O) groups is 1. The second-order valence-electron chi connectivity index (χ2n) is 6.74. The number of aryl methyl sites for hydroxylation is 1. The summed E-state index contributed by atoms with van der Waals surface area (Å²) in [5, 5.41) is 17.0. The lowest BCUT2D eigenvalue weighted by Gasteiger charge is -2.27. The number of thiophene rings is 1. The van der Waals surface area contributed by atoms with Gasteiger partial charge < -0.3 is 15.5 Å². The summed E-state index contributed by atoms with van der Waals surface area (Å²) in [6, 6.07) is 2.66. The molecule has 1 aromatic heterocycles. The molecule has 3 aliphatic rings. The van der Waals surface area contributed by atoms with Gasteiger partial charge in [-0.3, -0.25) is 4.79 Å². The van der Waals surface area contributed by atoms with Crippen LogP contribution in [0.2, 0.25) is 0 Å². The van der Waals surface area contributed by atoms with E-state index in [9.17, 15) is 10.1 Å². The van der Waals surface area contributed by atoms with E-state index in [2.05, 4.69) is 21.6 Å². The van der Waals surface area contributed by atoms with E-state index < -0.39 is 0 Å². The molecule has 2 aliphatic heterocycles. The summed E-state index contributed by atoms with van der Waals surface area (Å²) in [7, 11) is 0. The van der Waals surface area contributed by atoms with Crippen LogP contribution in [0.4, 0.5) is 5.00 Å². The summed E-state index contributed by atoms with van der Waals surface area (Å²) in [5.41, 5.74) is 2.20. The van der Waals surface area contributed by atoms with Crippen molar-refractivity contribution < 1.29 is 4.79 Å². The second-order valence-corrected chi connectivity index (χ2v) is 7.82. The monoisotopic (exact) mass is 330 g/mol. The van der Waals surface area contributed by atoms with E-state index in [1.807, 2.05) is 0 Å². The van der Waals surface area contributed by atoms with Crippen molar-refractivity contribution >= 4 is 22.2 Å². The molecule has 0 aromatic carbocycles. The summed E-state index contributed by atoms with van der Waals surface area (Å²) in [6.45, 7) is 2.70. The maximum atomic E-state index is 12.1. The van der Waals surface area contributed by atoms with E-state index in [-0.39, 0.29) is 18.0 Å². The Morgan fingerprint density at radius 1 is 1.35 bits per heavy atom. The zero-order valence-corrected chi connectivity index (χ0v) is 14.0. The van der Waals surface area contributed by atoms with Crippen LogP contribution < -0.4 is 15.5 Å². The van der Waals surface area contributed by atoms with Crippen LogP contribution in [0, 0.1) is 11.3 Å². The van der Waals surface area contributed by atoms with E-state index in [1.165, 1.54) is 23.3 Å². The number of amides is 1. The molecule has 0 saturated carbocycles. The Morgan fingerprint density at radius 2 is 2.17 bits per heavy atom. The number of nitriles is 1. The minimum absolute atomic E-state index is 0.00720. The van der Waals surface area contributed by atoms with Crippen molar-refractivity contribution in [1.82, 2.24) is 10.6 Å². The average molecular weight is 330 g/mol. The van der Waals surface area contributed by atoms with Crippen LogP contribution in [0.5, 0.6) is 0 Å². The van der Waals surface area contributed by atoms with E-state index in [1.54, 1.807) is 11.3 Å². The van der Waals surface area contributed by atoms with E-state index in [0.29, 0.717) is 0 Å². The molecular formula is C17H22N4OS. The Hall–Kier alpha value is -1.58. The Labute approximate surface area is 140 Å². The van der Waals surface area contributed by atoms with Gasteiger partial charge in [0, 0.05) is 24.0 Å². The number of rotatable bonds is 3. The zero-order chi connectivity index (χ0) is 15.8. The second kappa shape index (κ2) is 6.14. The minimum Gasteiger partial charge on any atom is -0.360 e. The van der Waals surface area contributed by atoms with Crippen molar-refractivity contribution in [3.8, 4) is 6.07 Å². The van der Waals surface area contributed by atoms with Gasteiger partial charge in [0.25, 0.3) is 0 Å². The number of hydrogen-bond acceptors (Lipinski definition) is 5. The molecule has 2 saturated heterocycles. The molecule has 2 unspecified atom stereocenters. The van der Waals surface area contributed by atoms with Crippen LogP contribution in [0.3, 0.4) is 0 Å². The molecule has 6 heteroatoms. The Balaban J connectivity index is 1.46. The quantitative estimate of drug-likeness (QED) is 0.882. The molecule has 0 bridgehead atoms. The van der Waals surface area contributed by atoms with Crippen LogP contribution in [0.15, 0.2) is 0 Å². The maximum absolute atomic E-state index is 12.1. The van der Waals surface area contributed by atoms with Gasteiger partial charge in [0.15, 0.2) is 0 Å². The van der Waals surface area contributed by atoms with E-state index in [0.717, 1.165) is 55.9 Å². The third kappa shape index (κ3) is 2.73. The predicted molar refractivity (Wildman–Crippen MR) is 90.8 cm³/mol. The highest BCUT2D eigenvalue weighted by atomic mass is 32.1. The first kappa shape index (κ1) is 15.0. The molecule has 1 amide bonds. The first-order valence-corrected chi connectivity index (χ1v) is 9.41. The van der Waals surface area contributed by atoms with Gasteiger partial charge in [-0.25, -0.2) is 0 Å². The Bertz CT molecular complexity index is 658. The summed E-state index contributed by atoms with van der Waals surface area (Å²) in [4.78, 5) is 15.8. The molecular weight excluding hydrogens is 308 g/mol. The predicted octanol–water partition coefficient (Wildman–Crippen LogP) is 1.56. The molecule has 23 heavy (non-hydrogen) atoms. The van der Waals surface area contributed by atoms with Gasteiger partial charge in [0.1, 0.15) is 11.1 Å². The fourth-order valence-electron chi connectivity index (χ4n) is 3.77. The van der Waals surface area contributed by atoms with Crippen molar-refractivity contribution in [2.75, 3.05) is 24.5 Å². The van der Waals surface area contributed by atoms with Gasteiger partial charge in [-0.2, -0.15) is 5.26 Å². The van der Waals surface area contributed by atoms with Crippen LogP contribution >= 0.6 is 11.3 Å². The molecule has 0 radical (unpaired) electrons. The van der Waals surface area contributed by atoms with Crippen LogP contribution in [-0.2, 0) is 17.6 Å². The van der Waals surface area contributed by atoms with E-state index >= 15 is 0 Å². The normalized spacial score (nSPS) is 26.3. The first-order chi connectivity index (χ1) is 11.3. The number of nitrogens with one attached hydrogen (secondary N) is 2. The summed E-state index contributed by atoms with van der Waals surface area (Å²) in [5.74, 6) is 0.133. The van der Waals surface area contributed by atoms with Crippen molar-refractivity contribution in [1.29, 1.82) is 5.26 Å². The van der Waals surface area contributed by atoms with Crippen molar-refractivity contribution in [3.05, 3.63) is 16.0 Å². The third-order valence-electron chi connectivity index (χ3n) is 5.23. The third-order valence-corrected chi connectivity index (χ3v) is 6.58. The molecule has 3 heterocycles. The standard InChI is InChI=1S/C17H22N4OS/c18-9-13-12-3-1-2-4-15(12)23-17(13)21-8-6-11(10-21)20-16(22)14-5-7-19-14/h11,14,19H,1-8,10H2,(H,20,22). The van der Waals surface area contributed by atoms with Gasteiger partial charge in [0.05, 0.1) is 11.6 Å². The van der Waals surface area contributed by atoms with Crippen LogP contribution in [0.25, 0.3) is 0 Å². The van der Waals surface area contributed by atoms with Gasteiger partial charge in [-0.15, -0.1) is 11.3 Å². The fourth-order valence-corrected chi connectivity index (χ4v) is 5.14. The van der Waals surface area contributed by atoms with Crippen molar-refractivity contribution in [3.63, 3.8) is 0 Å². The number of anilines is 1. The molecule has 5 nitrogen and oxygen atoms in total. The minimum atomic E-state index is 0.00720. The molecule has 2 atom stereocenters. The molecule has 4 rings (SSSR count). The van der Waals surface area contributed by atoms with Crippen LogP contribution in [-0.4, -0.2) is 37.6 Å². The highest BCUT2D eigenvalue weighted by molar-refractivity contribution is 7.16. The molecule has 0 spiro atoms. The molecule has 2 N–H and O–H groups in total. The number of carbonyl (C=O) groups excluding carboxylic acids is 1. The van der Waals surface area contributed by atoms with Gasteiger partial charge in [0.2, 0.25) is 5.91 Å². The molecule has 1 aliphatic carbocycles. The van der Waals surface area contributed by atoms with Gasteiger partial charge in [-0.1, -0.05) is 0 Å². The van der Waals surface area contributed by atoms with Crippen molar-refractivity contribution in [2.24, 2.45) is 0 Å². The lowest BCUT2D eigenvalue weighted by Crippen LogP contribution is -2.55. The zero-order valence-electron chi connectivity index (χ0n) is 13.2. The fraction of sp³-hybridized carbons (Fsp3) is 0.647. The number of nitrogens with zero attached hydrogens (tertiary/aromatic N) is 2. The first-order valence-electron chi connectivity index (χ1n) is 8.59. The number of hydrogen-bond donors (Lipinski definition) is 2. The SMILES string of the molecule is N#Cc1c(N2CCC(NC(=O)C3CCN3)C2)sc2c1CCCC2. The Kier molecular flexibility index (Phi) is 4.00. The Morgan fingerprint density at radius 3 is 2.91 bits per heavy atom. The lowest BCUT2D eigenvalue weighted by atomic mass is 9.96. The van der Waals surface area contributed by atoms with E-state index in [4.69, 9.17) is 0 Å². The molecule has 2 fully saturated rings. The lowest BCUT2D eigenvalue weighted by molar-refractivity contribution is -0.125. The summed E-state index contributed by atoms with van der Waals surface area (Å²) < 4.78 is 0. The smallest absolute Gasteiger partial charge is 0.237 e. The summed E-state index contributed by atoms with van der Waals surface area (Å²) >= 11 is 1.81. The number of fused-ring (bicyclic) bond motifs is 1. The van der Waals surface area contributed by atoms with Gasteiger partial charge >= 0.3 is 0 Å².